The second-order valence-electron chi connectivity index (χ2n) is 4.93. The minimum atomic E-state index is 0.538. The van der Waals surface area contributed by atoms with Crippen LogP contribution in [0.2, 0.25) is 0 Å². The summed E-state index contributed by atoms with van der Waals surface area (Å²) in [6.07, 6.45) is 4.11. The van der Waals surface area contributed by atoms with E-state index in [4.69, 9.17) is 4.74 Å². The van der Waals surface area contributed by atoms with Crippen LogP contribution in [0, 0.1) is 5.92 Å². The van der Waals surface area contributed by atoms with Crippen molar-refractivity contribution in [2.75, 3.05) is 13.2 Å². The summed E-state index contributed by atoms with van der Waals surface area (Å²) in [5.74, 6) is 0.958. The van der Waals surface area contributed by atoms with Crippen molar-refractivity contribution in [2.45, 2.75) is 38.8 Å². The third-order valence-electron chi connectivity index (χ3n) is 3.24. The summed E-state index contributed by atoms with van der Waals surface area (Å²) in [7, 11) is 0. The third kappa shape index (κ3) is 4.88. The molecule has 1 saturated carbocycles. The van der Waals surface area contributed by atoms with E-state index in [1.807, 2.05) is 6.07 Å². The SMILES string of the molecule is CCNC(COCc1ccccc1)CC1CC1. The largest absolute Gasteiger partial charge is 0.375 e. The van der Waals surface area contributed by atoms with E-state index in [0.717, 1.165) is 25.7 Å². The Bertz CT molecular complexity index is 308. The van der Waals surface area contributed by atoms with Crippen molar-refractivity contribution in [2.24, 2.45) is 5.92 Å². The molecule has 0 aliphatic heterocycles. The first-order chi connectivity index (χ1) is 8.38. The molecular weight excluding hydrogens is 210 g/mol. The van der Waals surface area contributed by atoms with Crippen LogP contribution < -0.4 is 5.32 Å². The molecule has 1 N–H and O–H groups in total. The molecule has 0 spiro atoms. The number of hydrogen-bond donors (Lipinski definition) is 1. The molecule has 1 unspecified atom stereocenters. The highest BCUT2D eigenvalue weighted by atomic mass is 16.5. The van der Waals surface area contributed by atoms with Crippen LogP contribution in [-0.4, -0.2) is 19.2 Å². The van der Waals surface area contributed by atoms with E-state index >= 15 is 0 Å². The molecule has 2 nitrogen and oxygen atoms in total. The maximum absolute atomic E-state index is 5.80. The van der Waals surface area contributed by atoms with Crippen molar-refractivity contribution in [1.29, 1.82) is 0 Å². The summed E-state index contributed by atoms with van der Waals surface area (Å²) >= 11 is 0. The van der Waals surface area contributed by atoms with Gasteiger partial charge in [0.05, 0.1) is 13.2 Å². The molecule has 1 aromatic carbocycles. The first-order valence-electron chi connectivity index (χ1n) is 6.73. The van der Waals surface area contributed by atoms with Crippen LogP contribution >= 0.6 is 0 Å². The summed E-state index contributed by atoms with van der Waals surface area (Å²) in [6, 6.07) is 10.9. The van der Waals surface area contributed by atoms with Crippen molar-refractivity contribution >= 4 is 0 Å². The van der Waals surface area contributed by atoms with E-state index in [9.17, 15) is 0 Å². The van der Waals surface area contributed by atoms with Gasteiger partial charge < -0.3 is 10.1 Å². The lowest BCUT2D eigenvalue weighted by atomic mass is 10.1. The smallest absolute Gasteiger partial charge is 0.0717 e. The first kappa shape index (κ1) is 12.6. The van der Waals surface area contributed by atoms with Crippen LogP contribution in [0.15, 0.2) is 30.3 Å². The number of nitrogens with one attached hydrogen (secondary N) is 1. The van der Waals surface area contributed by atoms with Crippen LogP contribution in [0.3, 0.4) is 0 Å². The highest BCUT2D eigenvalue weighted by Crippen LogP contribution is 2.33. The average molecular weight is 233 g/mol. The molecule has 0 heterocycles. The second-order valence-corrected chi connectivity index (χ2v) is 4.93. The molecule has 0 amide bonds. The Hall–Kier alpha value is -0.860. The van der Waals surface area contributed by atoms with E-state index in [2.05, 4.69) is 36.5 Å². The van der Waals surface area contributed by atoms with Crippen molar-refractivity contribution < 1.29 is 4.74 Å². The summed E-state index contributed by atoms with van der Waals surface area (Å²) < 4.78 is 5.80. The topological polar surface area (TPSA) is 21.3 Å². The van der Waals surface area contributed by atoms with Crippen LogP contribution in [0.4, 0.5) is 0 Å². The minimum Gasteiger partial charge on any atom is -0.375 e. The predicted octanol–water partition coefficient (Wildman–Crippen LogP) is 2.98. The van der Waals surface area contributed by atoms with Gasteiger partial charge >= 0.3 is 0 Å². The van der Waals surface area contributed by atoms with Gasteiger partial charge in [-0.1, -0.05) is 50.1 Å². The fourth-order valence-electron chi connectivity index (χ4n) is 2.15. The normalized spacial score (nSPS) is 17.0. The van der Waals surface area contributed by atoms with Gasteiger partial charge in [0.2, 0.25) is 0 Å². The Morgan fingerprint density at radius 2 is 2.06 bits per heavy atom. The van der Waals surface area contributed by atoms with Gasteiger partial charge in [-0.2, -0.15) is 0 Å². The van der Waals surface area contributed by atoms with Gasteiger partial charge in [-0.15, -0.1) is 0 Å². The van der Waals surface area contributed by atoms with Crippen LogP contribution in [0.25, 0.3) is 0 Å². The molecule has 1 aromatic rings. The van der Waals surface area contributed by atoms with Gasteiger partial charge in [0.25, 0.3) is 0 Å². The van der Waals surface area contributed by atoms with E-state index in [0.29, 0.717) is 6.04 Å². The lowest BCUT2D eigenvalue weighted by Gasteiger charge is -2.17. The summed E-state index contributed by atoms with van der Waals surface area (Å²) in [6.45, 7) is 4.76. The van der Waals surface area contributed by atoms with Crippen molar-refractivity contribution in [3.63, 3.8) is 0 Å². The first-order valence-corrected chi connectivity index (χ1v) is 6.73. The van der Waals surface area contributed by atoms with E-state index in [1.54, 1.807) is 0 Å². The van der Waals surface area contributed by atoms with Crippen LogP contribution in [0.5, 0.6) is 0 Å². The maximum Gasteiger partial charge on any atom is 0.0717 e. The molecule has 1 aliphatic carbocycles. The average Bonchev–Trinajstić information content (AvgIpc) is 3.15. The summed E-state index contributed by atoms with van der Waals surface area (Å²) in [4.78, 5) is 0. The molecular formula is C15H23NO. The fourth-order valence-corrected chi connectivity index (χ4v) is 2.15. The molecule has 2 rings (SSSR count). The number of hydrogen-bond acceptors (Lipinski definition) is 2. The lowest BCUT2D eigenvalue weighted by molar-refractivity contribution is 0.0952. The number of ether oxygens (including phenoxy) is 1. The molecule has 0 aromatic heterocycles. The molecule has 94 valence electrons. The Morgan fingerprint density at radius 1 is 1.29 bits per heavy atom. The highest BCUT2D eigenvalue weighted by Gasteiger charge is 2.25. The Morgan fingerprint density at radius 3 is 2.71 bits per heavy atom. The monoisotopic (exact) mass is 233 g/mol. The zero-order valence-electron chi connectivity index (χ0n) is 10.7. The quantitative estimate of drug-likeness (QED) is 0.745. The van der Waals surface area contributed by atoms with Gasteiger partial charge in [0, 0.05) is 6.04 Å². The molecule has 0 bridgehead atoms. The molecule has 1 fully saturated rings. The van der Waals surface area contributed by atoms with Gasteiger partial charge in [-0.25, -0.2) is 0 Å². The number of rotatable bonds is 8. The number of benzene rings is 1. The molecule has 17 heavy (non-hydrogen) atoms. The molecule has 0 radical (unpaired) electrons. The standard InChI is InChI=1S/C15H23NO/c1-2-16-15(10-13-8-9-13)12-17-11-14-6-4-3-5-7-14/h3-7,13,15-16H,2,8-12H2,1H3. The van der Waals surface area contributed by atoms with Crippen molar-refractivity contribution in [1.82, 2.24) is 5.32 Å². The van der Waals surface area contributed by atoms with Crippen LogP contribution in [-0.2, 0) is 11.3 Å². The highest BCUT2D eigenvalue weighted by molar-refractivity contribution is 5.13. The third-order valence-corrected chi connectivity index (χ3v) is 3.24. The summed E-state index contributed by atoms with van der Waals surface area (Å²) in [5.41, 5.74) is 1.26. The predicted molar refractivity (Wildman–Crippen MR) is 70.9 cm³/mol. The zero-order chi connectivity index (χ0) is 11.9. The van der Waals surface area contributed by atoms with Gasteiger partial charge in [0.1, 0.15) is 0 Å². The van der Waals surface area contributed by atoms with Crippen molar-refractivity contribution in [3.05, 3.63) is 35.9 Å². The Kier molecular flexibility index (Phi) is 5.02. The summed E-state index contributed by atoms with van der Waals surface area (Å²) in [5, 5.41) is 3.52. The Balaban J connectivity index is 1.67. The molecule has 1 atom stereocenters. The van der Waals surface area contributed by atoms with Gasteiger partial charge in [-0.05, 0) is 24.4 Å². The van der Waals surface area contributed by atoms with E-state index in [-0.39, 0.29) is 0 Å². The molecule has 2 heteroatoms. The fraction of sp³-hybridized carbons (Fsp3) is 0.600. The van der Waals surface area contributed by atoms with E-state index < -0.39 is 0 Å². The van der Waals surface area contributed by atoms with Gasteiger partial charge in [0.15, 0.2) is 0 Å². The number of likely N-dealkylation sites (N-methyl/N-ethyl adjacent to an activating group) is 1. The van der Waals surface area contributed by atoms with Gasteiger partial charge in [-0.3, -0.25) is 0 Å². The lowest BCUT2D eigenvalue weighted by Crippen LogP contribution is -2.33. The van der Waals surface area contributed by atoms with Crippen LogP contribution in [0.1, 0.15) is 31.7 Å². The second kappa shape index (κ2) is 6.77. The Labute approximate surface area is 104 Å². The van der Waals surface area contributed by atoms with Crippen molar-refractivity contribution in [3.8, 4) is 0 Å². The molecule has 0 saturated heterocycles. The molecule has 1 aliphatic rings. The zero-order valence-corrected chi connectivity index (χ0v) is 10.7. The maximum atomic E-state index is 5.80. The van der Waals surface area contributed by atoms with E-state index in [1.165, 1.54) is 24.8 Å². The minimum absolute atomic E-state index is 0.538.